The molecule has 0 bridgehead atoms. The highest BCUT2D eigenvalue weighted by Gasteiger charge is 1.87. The van der Waals surface area contributed by atoms with Crippen LogP contribution >= 0.6 is 0 Å². The van der Waals surface area contributed by atoms with Crippen LogP contribution in [0.25, 0.3) is 12.2 Å². The number of rotatable bonds is 1. The van der Waals surface area contributed by atoms with E-state index in [1.54, 1.807) is 6.07 Å². The van der Waals surface area contributed by atoms with Crippen LogP contribution in [0.5, 0.6) is 0 Å². The van der Waals surface area contributed by atoms with Crippen LogP contribution in [0.15, 0.2) is 21.3 Å². The Morgan fingerprint density at radius 2 is 2.00 bits per heavy atom. The molecule has 2 heteroatoms. The van der Waals surface area contributed by atoms with Gasteiger partial charge < -0.3 is 4.42 Å². The van der Waals surface area contributed by atoms with Gasteiger partial charge in [-0.25, -0.2) is 4.79 Å². The average Bonchev–Trinajstić information content (AvgIpc) is 2.22. The maximum Gasteiger partial charge on any atom is 0.336 e. The largest absolute Gasteiger partial charge is 0.423 e. The Hall–Kier alpha value is -1.31. The van der Waals surface area contributed by atoms with Crippen LogP contribution in [-0.4, -0.2) is 0 Å². The summed E-state index contributed by atoms with van der Waals surface area (Å²) in [5.41, 5.74) is 0.382. The smallest absolute Gasteiger partial charge is 0.336 e. The zero-order valence-electron chi connectivity index (χ0n) is 9.33. The summed E-state index contributed by atoms with van der Waals surface area (Å²) in [6.07, 6.45) is 4.69. The van der Waals surface area contributed by atoms with Crippen molar-refractivity contribution < 1.29 is 4.42 Å². The van der Waals surface area contributed by atoms with E-state index in [0.29, 0.717) is 5.42 Å². The third-order valence-corrected chi connectivity index (χ3v) is 1.59. The standard InChI is InChI=1S/C10H12O2.C2H6/c1-3-5-9-8(4-2)6-7-10(11)12-9;1-2/h4-7H,3H2,1-2H3;1-2H3/b8-4-,9-5+;. The second-order valence-corrected chi connectivity index (χ2v) is 2.48. The minimum atomic E-state index is -0.291. The van der Waals surface area contributed by atoms with Gasteiger partial charge in [0.05, 0.1) is 0 Å². The summed E-state index contributed by atoms with van der Waals surface area (Å²) in [5.74, 6) is 0. The molecule has 1 heterocycles. The number of hydrogen-bond acceptors (Lipinski definition) is 2. The van der Waals surface area contributed by atoms with Gasteiger partial charge in [-0.15, -0.1) is 0 Å². The normalized spacial score (nSPS) is 12.3. The Labute approximate surface area is 84.6 Å². The van der Waals surface area contributed by atoms with E-state index in [1.807, 2.05) is 39.8 Å². The van der Waals surface area contributed by atoms with Gasteiger partial charge in [0.2, 0.25) is 0 Å². The topological polar surface area (TPSA) is 30.2 Å². The molecule has 0 fully saturated rings. The first-order valence-electron chi connectivity index (χ1n) is 5.04. The fourth-order valence-electron chi connectivity index (χ4n) is 1.02. The van der Waals surface area contributed by atoms with E-state index in [4.69, 9.17) is 4.42 Å². The fourth-order valence-corrected chi connectivity index (χ4v) is 1.02. The minimum absolute atomic E-state index is 0.291. The minimum Gasteiger partial charge on any atom is -0.423 e. The van der Waals surface area contributed by atoms with Gasteiger partial charge in [0.1, 0.15) is 5.42 Å². The summed E-state index contributed by atoms with van der Waals surface area (Å²) in [6.45, 7) is 7.93. The molecule has 0 aliphatic heterocycles. The van der Waals surface area contributed by atoms with Crippen molar-refractivity contribution in [3.8, 4) is 0 Å². The van der Waals surface area contributed by atoms with Crippen molar-refractivity contribution in [2.75, 3.05) is 0 Å². The van der Waals surface area contributed by atoms with Crippen molar-refractivity contribution in [3.63, 3.8) is 0 Å². The lowest BCUT2D eigenvalue weighted by molar-refractivity contribution is 0.472. The van der Waals surface area contributed by atoms with Crippen molar-refractivity contribution in [1.29, 1.82) is 0 Å². The first-order valence-corrected chi connectivity index (χ1v) is 5.04. The van der Waals surface area contributed by atoms with E-state index in [2.05, 4.69) is 0 Å². The molecule has 0 unspecified atom stereocenters. The van der Waals surface area contributed by atoms with Gasteiger partial charge in [0, 0.05) is 11.3 Å². The third-order valence-electron chi connectivity index (χ3n) is 1.59. The van der Waals surface area contributed by atoms with E-state index in [0.717, 1.165) is 11.6 Å². The van der Waals surface area contributed by atoms with Crippen molar-refractivity contribution in [3.05, 3.63) is 33.2 Å². The molecule has 0 N–H and O–H groups in total. The van der Waals surface area contributed by atoms with E-state index in [1.165, 1.54) is 6.07 Å². The summed E-state index contributed by atoms with van der Waals surface area (Å²) in [4.78, 5) is 10.8. The maximum absolute atomic E-state index is 10.8. The predicted octanol–water partition coefficient (Wildman–Crippen LogP) is 1.66. The predicted molar refractivity (Wildman–Crippen MR) is 60.5 cm³/mol. The van der Waals surface area contributed by atoms with Crippen LogP contribution in [0, 0.1) is 0 Å². The molecular formula is C12H18O2. The van der Waals surface area contributed by atoms with Crippen LogP contribution in [0.2, 0.25) is 0 Å². The van der Waals surface area contributed by atoms with Gasteiger partial charge in [-0.2, -0.15) is 0 Å². The lowest BCUT2D eigenvalue weighted by Crippen LogP contribution is -2.27. The van der Waals surface area contributed by atoms with Crippen LogP contribution in [0.3, 0.4) is 0 Å². The second kappa shape index (κ2) is 7.13. The van der Waals surface area contributed by atoms with Gasteiger partial charge in [-0.1, -0.05) is 26.8 Å². The summed E-state index contributed by atoms with van der Waals surface area (Å²) >= 11 is 0. The van der Waals surface area contributed by atoms with Crippen LogP contribution in [-0.2, 0) is 0 Å². The fraction of sp³-hybridized carbons (Fsp3) is 0.417. The maximum atomic E-state index is 10.8. The Balaban J connectivity index is 0.000000791. The highest BCUT2D eigenvalue weighted by molar-refractivity contribution is 5.24. The van der Waals surface area contributed by atoms with Crippen LogP contribution < -0.4 is 16.3 Å². The van der Waals surface area contributed by atoms with E-state index in [-0.39, 0.29) is 5.63 Å². The summed E-state index contributed by atoms with van der Waals surface area (Å²) < 4.78 is 5.00. The molecule has 2 nitrogen and oxygen atoms in total. The Bertz CT molecular complexity index is 413. The molecule has 1 rings (SSSR count). The molecule has 0 aliphatic carbocycles. The number of hydrogen-bond donors (Lipinski definition) is 0. The summed E-state index contributed by atoms with van der Waals surface area (Å²) in [7, 11) is 0. The molecule has 1 aromatic heterocycles. The molecule has 0 aromatic carbocycles. The molecule has 0 amide bonds. The average molecular weight is 194 g/mol. The highest BCUT2D eigenvalue weighted by Crippen LogP contribution is 1.73. The zero-order chi connectivity index (χ0) is 11.0. The Kier molecular flexibility index (Phi) is 6.46. The Morgan fingerprint density at radius 1 is 1.36 bits per heavy atom. The zero-order valence-corrected chi connectivity index (χ0v) is 9.33. The molecule has 0 atom stereocenters. The van der Waals surface area contributed by atoms with Gasteiger partial charge in [-0.3, -0.25) is 0 Å². The van der Waals surface area contributed by atoms with E-state index >= 15 is 0 Å². The SMILES string of the molecule is C/C=c1/ccc(=O)o/c1=C/CC.CC. The van der Waals surface area contributed by atoms with E-state index in [9.17, 15) is 4.79 Å². The molecule has 14 heavy (non-hydrogen) atoms. The monoisotopic (exact) mass is 194 g/mol. The molecule has 0 spiro atoms. The molecule has 1 aromatic rings. The van der Waals surface area contributed by atoms with Gasteiger partial charge in [0.25, 0.3) is 0 Å². The van der Waals surface area contributed by atoms with Crippen molar-refractivity contribution in [1.82, 2.24) is 0 Å². The van der Waals surface area contributed by atoms with Gasteiger partial charge >= 0.3 is 5.63 Å². The quantitative estimate of drug-likeness (QED) is 0.680. The molecule has 0 radical (unpaired) electrons. The van der Waals surface area contributed by atoms with E-state index < -0.39 is 0 Å². The lowest BCUT2D eigenvalue weighted by atomic mass is 10.3. The first-order chi connectivity index (χ1) is 6.77. The van der Waals surface area contributed by atoms with Gasteiger partial charge in [0.15, 0.2) is 0 Å². The molecular weight excluding hydrogens is 176 g/mol. The summed E-state index contributed by atoms with van der Waals surface area (Å²) in [5, 5.41) is 0.969. The lowest BCUT2D eigenvalue weighted by Gasteiger charge is -1.86. The van der Waals surface area contributed by atoms with Gasteiger partial charge in [-0.05, 0) is 25.5 Å². The molecule has 0 saturated carbocycles. The van der Waals surface area contributed by atoms with Crippen molar-refractivity contribution >= 4 is 12.2 Å². The van der Waals surface area contributed by atoms with Crippen molar-refractivity contribution in [2.24, 2.45) is 0 Å². The molecule has 78 valence electrons. The highest BCUT2D eigenvalue weighted by atomic mass is 16.4. The molecule has 0 saturated heterocycles. The third kappa shape index (κ3) is 3.60. The second-order valence-electron chi connectivity index (χ2n) is 2.48. The van der Waals surface area contributed by atoms with Crippen LogP contribution in [0.1, 0.15) is 34.1 Å². The van der Waals surface area contributed by atoms with Crippen molar-refractivity contribution in [2.45, 2.75) is 34.1 Å². The molecule has 0 aliphatic rings. The first kappa shape index (κ1) is 12.7. The summed E-state index contributed by atoms with van der Waals surface area (Å²) in [6, 6.07) is 3.20. The Morgan fingerprint density at radius 3 is 2.50 bits per heavy atom. The van der Waals surface area contributed by atoms with Crippen LogP contribution in [0.4, 0.5) is 0 Å².